The van der Waals surface area contributed by atoms with Crippen molar-refractivity contribution >= 4 is 54.5 Å². The molecule has 1 atom stereocenters. The van der Waals surface area contributed by atoms with Crippen LogP contribution >= 0.6 is 0 Å². The molecule has 0 N–H and O–H groups in total. The highest BCUT2D eigenvalue weighted by atomic mass is 16.3. The number of hydrogen-bond acceptors (Lipinski definition) is 1. The molecule has 0 bridgehead atoms. The third kappa shape index (κ3) is 5.98. The predicted molar refractivity (Wildman–Crippen MR) is 239 cm³/mol. The van der Waals surface area contributed by atoms with Crippen molar-refractivity contribution in [3.63, 3.8) is 0 Å². The summed E-state index contributed by atoms with van der Waals surface area (Å²) in [7, 11) is 0. The molecule has 2 aromatic heterocycles. The van der Waals surface area contributed by atoms with Gasteiger partial charge < -0.3 is 8.98 Å². The topological polar surface area (TPSA) is 18.1 Å². The summed E-state index contributed by atoms with van der Waals surface area (Å²) in [6.45, 7) is 0. The molecule has 2 heterocycles. The highest BCUT2D eigenvalue weighted by Crippen LogP contribution is 2.37. The van der Waals surface area contributed by atoms with Crippen LogP contribution in [-0.2, 0) is 6.42 Å². The van der Waals surface area contributed by atoms with Crippen molar-refractivity contribution in [2.75, 3.05) is 0 Å². The van der Waals surface area contributed by atoms with Crippen molar-refractivity contribution in [3.05, 3.63) is 223 Å². The minimum atomic E-state index is 0.238. The van der Waals surface area contributed by atoms with E-state index in [2.05, 4.69) is 199 Å². The minimum Gasteiger partial charge on any atom is -0.456 e. The number of hydrogen-bond donors (Lipinski definition) is 0. The lowest BCUT2D eigenvalue weighted by Gasteiger charge is -2.20. The Labute approximate surface area is 331 Å². The number of rotatable bonds is 8. The van der Waals surface area contributed by atoms with Crippen molar-refractivity contribution in [1.29, 1.82) is 0 Å². The lowest BCUT2D eigenvalue weighted by molar-refractivity contribution is 0.669. The van der Waals surface area contributed by atoms with E-state index in [1.54, 1.807) is 0 Å². The molecule has 11 rings (SSSR count). The lowest BCUT2D eigenvalue weighted by Crippen LogP contribution is -2.04. The van der Waals surface area contributed by atoms with E-state index in [0.29, 0.717) is 0 Å². The van der Waals surface area contributed by atoms with Gasteiger partial charge >= 0.3 is 0 Å². The Hall–Kier alpha value is -7.16. The number of para-hydroxylation sites is 3. The van der Waals surface area contributed by atoms with Gasteiger partial charge in [0.1, 0.15) is 11.2 Å². The van der Waals surface area contributed by atoms with Crippen LogP contribution in [0.25, 0.3) is 82.5 Å². The molecule has 0 radical (unpaired) electrons. The Kier molecular flexibility index (Phi) is 8.07. The van der Waals surface area contributed by atoms with Gasteiger partial charge in [0, 0.05) is 33.2 Å². The molecule has 9 aromatic carbocycles. The fourth-order valence-electron chi connectivity index (χ4n) is 8.94. The van der Waals surface area contributed by atoms with Gasteiger partial charge in [-0.1, -0.05) is 158 Å². The van der Waals surface area contributed by atoms with Gasteiger partial charge in [-0.2, -0.15) is 0 Å². The first-order valence-electron chi connectivity index (χ1n) is 19.9. The molecule has 11 aromatic rings. The average Bonchev–Trinajstić information content (AvgIpc) is 3.82. The van der Waals surface area contributed by atoms with Gasteiger partial charge in [-0.3, -0.25) is 0 Å². The van der Waals surface area contributed by atoms with E-state index < -0.39 is 0 Å². The van der Waals surface area contributed by atoms with Crippen LogP contribution in [0.3, 0.4) is 0 Å². The maximum atomic E-state index is 6.12. The van der Waals surface area contributed by atoms with Crippen molar-refractivity contribution in [3.8, 4) is 27.9 Å². The molecule has 0 saturated heterocycles. The van der Waals surface area contributed by atoms with E-state index in [-0.39, 0.29) is 5.92 Å². The van der Waals surface area contributed by atoms with Gasteiger partial charge in [-0.05, 0) is 111 Å². The first kappa shape index (κ1) is 33.2. The van der Waals surface area contributed by atoms with Gasteiger partial charge in [0.15, 0.2) is 0 Å². The molecule has 0 aliphatic carbocycles. The maximum Gasteiger partial charge on any atom is 0.135 e. The molecule has 2 nitrogen and oxygen atoms in total. The van der Waals surface area contributed by atoms with Gasteiger partial charge in [-0.25, -0.2) is 0 Å². The van der Waals surface area contributed by atoms with Gasteiger partial charge in [0.2, 0.25) is 0 Å². The Balaban J connectivity index is 0.912. The molecule has 0 amide bonds. The van der Waals surface area contributed by atoms with Crippen molar-refractivity contribution in [2.45, 2.75) is 18.8 Å². The number of furan rings is 1. The second kappa shape index (κ2) is 13.8. The van der Waals surface area contributed by atoms with Crippen molar-refractivity contribution < 1.29 is 4.42 Å². The summed E-state index contributed by atoms with van der Waals surface area (Å²) in [6.07, 6.45) is 1.97. The summed E-state index contributed by atoms with van der Waals surface area (Å²) in [4.78, 5) is 0. The molecular weight excluding hydrogens is 691 g/mol. The number of nitrogens with zero attached hydrogens (tertiary/aromatic N) is 1. The van der Waals surface area contributed by atoms with E-state index in [9.17, 15) is 0 Å². The standard InChI is InChI=1S/C55H39NO/c1-2-10-43-35-44(29-24-38(43)9-1)39-20-25-41(26-21-39)47(42-27-22-40(23-28-42)45-30-34-55-51(36-45)50-13-5-8-16-54(50)57-55)33-19-37-17-31-46(32-18-37)56-52-14-6-3-11-48(52)49-12-4-7-15-53(49)56/h1-18,20-32,34-36,47H,19,33H2. The number of aryl methyl sites for hydroxylation is 1. The largest absolute Gasteiger partial charge is 0.456 e. The van der Waals surface area contributed by atoms with E-state index in [0.717, 1.165) is 34.8 Å². The molecule has 0 aliphatic heterocycles. The molecule has 2 heteroatoms. The Bertz CT molecular complexity index is 3170. The maximum absolute atomic E-state index is 6.12. The first-order chi connectivity index (χ1) is 28.2. The van der Waals surface area contributed by atoms with Gasteiger partial charge in [0.25, 0.3) is 0 Å². The molecule has 1 unspecified atom stereocenters. The Morgan fingerprint density at radius 3 is 1.60 bits per heavy atom. The van der Waals surface area contributed by atoms with Gasteiger partial charge in [-0.15, -0.1) is 0 Å². The number of fused-ring (bicyclic) bond motifs is 7. The minimum absolute atomic E-state index is 0.238. The third-order valence-corrected chi connectivity index (χ3v) is 11.9. The van der Waals surface area contributed by atoms with Crippen LogP contribution in [0.1, 0.15) is 29.0 Å². The molecule has 57 heavy (non-hydrogen) atoms. The zero-order valence-corrected chi connectivity index (χ0v) is 31.5. The molecule has 0 spiro atoms. The lowest BCUT2D eigenvalue weighted by atomic mass is 9.85. The van der Waals surface area contributed by atoms with E-state index in [4.69, 9.17) is 4.42 Å². The predicted octanol–water partition coefficient (Wildman–Crippen LogP) is 14.9. The second-order valence-corrected chi connectivity index (χ2v) is 15.2. The SMILES string of the molecule is c1ccc2cc(-c3ccc(C(CCc4ccc(-n5c6ccccc6c6ccccc65)cc4)c4ccc(-c5ccc6oc7ccccc7c6c5)cc4)cc3)ccc2c1. The first-order valence-corrected chi connectivity index (χ1v) is 19.9. The normalized spacial score (nSPS) is 12.3. The Morgan fingerprint density at radius 2 is 0.912 bits per heavy atom. The monoisotopic (exact) mass is 729 g/mol. The molecule has 270 valence electrons. The summed E-state index contributed by atoms with van der Waals surface area (Å²) in [6, 6.07) is 75.3. The van der Waals surface area contributed by atoms with E-state index in [1.165, 1.54) is 77.2 Å². The average molecular weight is 730 g/mol. The summed E-state index contributed by atoms with van der Waals surface area (Å²) < 4.78 is 8.51. The van der Waals surface area contributed by atoms with E-state index in [1.807, 2.05) is 12.1 Å². The molecule has 0 fully saturated rings. The van der Waals surface area contributed by atoms with Crippen LogP contribution in [0.2, 0.25) is 0 Å². The summed E-state index contributed by atoms with van der Waals surface area (Å²) in [5.41, 5.74) is 14.4. The molecule has 0 saturated carbocycles. The quantitative estimate of drug-likeness (QED) is 0.152. The second-order valence-electron chi connectivity index (χ2n) is 15.2. The van der Waals surface area contributed by atoms with E-state index >= 15 is 0 Å². The highest BCUT2D eigenvalue weighted by molar-refractivity contribution is 6.09. The number of aromatic nitrogens is 1. The van der Waals surface area contributed by atoms with Crippen LogP contribution in [0.5, 0.6) is 0 Å². The van der Waals surface area contributed by atoms with Crippen LogP contribution in [0, 0.1) is 0 Å². The number of benzene rings is 9. The van der Waals surface area contributed by atoms with Crippen LogP contribution < -0.4 is 0 Å². The summed E-state index contributed by atoms with van der Waals surface area (Å²) in [5.74, 6) is 0.238. The van der Waals surface area contributed by atoms with Crippen LogP contribution in [-0.4, -0.2) is 4.57 Å². The molecule has 0 aliphatic rings. The van der Waals surface area contributed by atoms with Gasteiger partial charge in [0.05, 0.1) is 11.0 Å². The van der Waals surface area contributed by atoms with Crippen LogP contribution in [0.15, 0.2) is 211 Å². The summed E-state index contributed by atoms with van der Waals surface area (Å²) >= 11 is 0. The zero-order chi connectivity index (χ0) is 37.7. The third-order valence-electron chi connectivity index (χ3n) is 11.9. The summed E-state index contributed by atoms with van der Waals surface area (Å²) in [5, 5.41) is 7.41. The molecular formula is C55H39NO. The van der Waals surface area contributed by atoms with Crippen molar-refractivity contribution in [1.82, 2.24) is 4.57 Å². The Morgan fingerprint density at radius 1 is 0.386 bits per heavy atom. The fourth-order valence-corrected chi connectivity index (χ4v) is 8.94. The smallest absolute Gasteiger partial charge is 0.135 e. The fraction of sp³-hybridized carbons (Fsp3) is 0.0545. The van der Waals surface area contributed by atoms with Crippen molar-refractivity contribution in [2.24, 2.45) is 0 Å². The highest BCUT2D eigenvalue weighted by Gasteiger charge is 2.17. The van der Waals surface area contributed by atoms with Crippen LogP contribution in [0.4, 0.5) is 0 Å². The zero-order valence-electron chi connectivity index (χ0n) is 31.5.